The van der Waals surface area contributed by atoms with Crippen molar-refractivity contribution >= 4 is 11.7 Å². The summed E-state index contributed by atoms with van der Waals surface area (Å²) in [6.07, 6.45) is 2.41. The molecule has 1 aromatic rings. The van der Waals surface area contributed by atoms with Gasteiger partial charge in [-0.3, -0.25) is 0 Å². The summed E-state index contributed by atoms with van der Waals surface area (Å²) in [5.74, 6) is -0.282. The average Bonchev–Trinajstić information content (AvgIpc) is 3.01. The number of hydrogen-bond donors (Lipinski definition) is 1. The Labute approximate surface area is 94.4 Å². The molecule has 0 aliphatic heterocycles. The van der Waals surface area contributed by atoms with Crippen LogP contribution < -0.4 is 9.64 Å². The summed E-state index contributed by atoms with van der Waals surface area (Å²) < 4.78 is 5.62. The van der Waals surface area contributed by atoms with Gasteiger partial charge in [-0.25, -0.2) is 4.79 Å². The molecule has 0 aromatic heterocycles. The van der Waals surface area contributed by atoms with Crippen molar-refractivity contribution in [2.45, 2.75) is 18.9 Å². The van der Waals surface area contributed by atoms with E-state index in [1.807, 2.05) is 25.1 Å². The lowest BCUT2D eigenvalue weighted by Crippen LogP contribution is -2.10. The minimum Gasteiger partial charge on any atom is -0.490 e. The molecule has 0 heterocycles. The molecule has 0 unspecified atom stereocenters. The molecule has 16 heavy (non-hydrogen) atoms. The van der Waals surface area contributed by atoms with Crippen molar-refractivity contribution in [1.29, 1.82) is 0 Å². The Morgan fingerprint density at radius 2 is 2.06 bits per heavy atom. The number of carboxylic acids is 1. The first-order valence-electron chi connectivity index (χ1n) is 5.28. The number of aromatic carboxylic acids is 1. The Morgan fingerprint density at radius 1 is 1.38 bits per heavy atom. The summed E-state index contributed by atoms with van der Waals surface area (Å²) in [6, 6.07) is 5.08. The van der Waals surface area contributed by atoms with Gasteiger partial charge in [0.2, 0.25) is 0 Å². The molecule has 2 rings (SSSR count). The maximum atomic E-state index is 11.0. The first-order chi connectivity index (χ1) is 7.56. The Balaban J connectivity index is 2.31. The third kappa shape index (κ3) is 2.45. The van der Waals surface area contributed by atoms with E-state index in [1.165, 1.54) is 0 Å². The van der Waals surface area contributed by atoms with E-state index in [0.29, 0.717) is 5.75 Å². The van der Waals surface area contributed by atoms with Crippen LogP contribution in [0.25, 0.3) is 0 Å². The van der Waals surface area contributed by atoms with Crippen molar-refractivity contribution in [2.24, 2.45) is 0 Å². The Kier molecular flexibility index (Phi) is 2.73. The summed E-state index contributed by atoms with van der Waals surface area (Å²) in [5, 5.41) is 8.99. The number of anilines is 1. The summed E-state index contributed by atoms with van der Waals surface area (Å²) in [5.41, 5.74) is 1.11. The smallest absolute Gasteiger partial charge is 0.335 e. The quantitative estimate of drug-likeness (QED) is 0.844. The second-order valence-electron chi connectivity index (χ2n) is 4.23. The van der Waals surface area contributed by atoms with E-state index in [2.05, 4.69) is 0 Å². The predicted molar refractivity (Wildman–Crippen MR) is 61.4 cm³/mol. The van der Waals surface area contributed by atoms with Crippen LogP contribution in [0.4, 0.5) is 5.69 Å². The zero-order valence-electron chi connectivity index (χ0n) is 9.43. The Bertz CT molecular complexity index is 411. The van der Waals surface area contributed by atoms with Crippen molar-refractivity contribution in [2.75, 3.05) is 19.0 Å². The van der Waals surface area contributed by atoms with Crippen molar-refractivity contribution in [3.63, 3.8) is 0 Å². The van der Waals surface area contributed by atoms with Gasteiger partial charge in [0.1, 0.15) is 5.75 Å². The molecule has 1 saturated carbocycles. The van der Waals surface area contributed by atoms with Crippen LogP contribution in [0.1, 0.15) is 23.2 Å². The van der Waals surface area contributed by atoms with Gasteiger partial charge in [0.15, 0.2) is 0 Å². The lowest BCUT2D eigenvalue weighted by Gasteiger charge is -2.15. The molecule has 0 bridgehead atoms. The van der Waals surface area contributed by atoms with E-state index in [0.717, 1.165) is 18.5 Å². The van der Waals surface area contributed by atoms with Crippen molar-refractivity contribution in [1.82, 2.24) is 0 Å². The van der Waals surface area contributed by atoms with Gasteiger partial charge in [-0.05, 0) is 25.0 Å². The van der Waals surface area contributed by atoms with E-state index in [9.17, 15) is 4.79 Å². The Hall–Kier alpha value is -1.71. The molecule has 86 valence electrons. The molecule has 0 radical (unpaired) electrons. The monoisotopic (exact) mass is 221 g/mol. The third-order valence-electron chi connectivity index (χ3n) is 2.48. The summed E-state index contributed by atoms with van der Waals surface area (Å²) >= 11 is 0. The fraction of sp³-hybridized carbons (Fsp3) is 0.417. The molecule has 1 aliphatic carbocycles. The summed E-state index contributed by atoms with van der Waals surface area (Å²) in [6.45, 7) is 0. The molecule has 1 N–H and O–H groups in total. The standard InChI is InChI=1S/C12H15NO3/c1-13(2)9-5-8(12(14)15)6-11(7-9)16-10-3-4-10/h5-7,10H,3-4H2,1-2H3,(H,14,15). The second-order valence-corrected chi connectivity index (χ2v) is 4.23. The van der Waals surface area contributed by atoms with Gasteiger partial charge in [-0.1, -0.05) is 0 Å². The van der Waals surface area contributed by atoms with E-state index in [-0.39, 0.29) is 11.7 Å². The largest absolute Gasteiger partial charge is 0.490 e. The number of carbonyl (C=O) groups is 1. The van der Waals surface area contributed by atoms with Crippen molar-refractivity contribution < 1.29 is 14.6 Å². The van der Waals surface area contributed by atoms with Crippen LogP contribution in [0.3, 0.4) is 0 Å². The predicted octanol–water partition coefficient (Wildman–Crippen LogP) is 1.99. The molecule has 1 aliphatic rings. The fourth-order valence-electron chi connectivity index (χ4n) is 1.41. The van der Waals surface area contributed by atoms with Crippen LogP contribution >= 0.6 is 0 Å². The lowest BCUT2D eigenvalue weighted by atomic mass is 10.2. The maximum Gasteiger partial charge on any atom is 0.335 e. The van der Waals surface area contributed by atoms with Crippen molar-refractivity contribution in [3.05, 3.63) is 23.8 Å². The average molecular weight is 221 g/mol. The van der Waals surface area contributed by atoms with Crippen molar-refractivity contribution in [3.8, 4) is 5.75 Å². The van der Waals surface area contributed by atoms with Gasteiger partial charge in [0.05, 0.1) is 11.7 Å². The maximum absolute atomic E-state index is 11.0. The van der Waals surface area contributed by atoms with Crippen LogP contribution in [0.15, 0.2) is 18.2 Å². The number of ether oxygens (including phenoxy) is 1. The first kappa shape index (κ1) is 10.8. The van der Waals surface area contributed by atoms with E-state index in [1.54, 1.807) is 12.1 Å². The molecule has 0 amide bonds. The zero-order valence-corrected chi connectivity index (χ0v) is 9.43. The molecule has 4 nitrogen and oxygen atoms in total. The highest BCUT2D eigenvalue weighted by molar-refractivity contribution is 5.89. The third-order valence-corrected chi connectivity index (χ3v) is 2.48. The first-order valence-corrected chi connectivity index (χ1v) is 5.28. The fourth-order valence-corrected chi connectivity index (χ4v) is 1.41. The van der Waals surface area contributed by atoms with Gasteiger partial charge < -0.3 is 14.7 Å². The minimum absolute atomic E-state index is 0.266. The molecular weight excluding hydrogens is 206 g/mol. The SMILES string of the molecule is CN(C)c1cc(OC2CC2)cc(C(=O)O)c1. The highest BCUT2D eigenvalue weighted by Gasteiger charge is 2.24. The normalized spacial score (nSPS) is 14.6. The van der Waals surface area contributed by atoms with Gasteiger partial charge in [-0.15, -0.1) is 0 Å². The summed E-state index contributed by atoms with van der Waals surface area (Å²) in [4.78, 5) is 12.8. The van der Waals surface area contributed by atoms with Gasteiger partial charge in [-0.2, -0.15) is 0 Å². The van der Waals surface area contributed by atoms with Crippen LogP contribution in [-0.4, -0.2) is 31.3 Å². The Morgan fingerprint density at radius 3 is 2.56 bits per heavy atom. The van der Waals surface area contributed by atoms with E-state index in [4.69, 9.17) is 9.84 Å². The number of rotatable bonds is 4. The van der Waals surface area contributed by atoms with Gasteiger partial charge in [0.25, 0.3) is 0 Å². The molecule has 0 atom stereocenters. The van der Waals surface area contributed by atoms with Gasteiger partial charge in [0, 0.05) is 25.8 Å². The van der Waals surface area contributed by atoms with Crippen LogP contribution in [-0.2, 0) is 0 Å². The highest BCUT2D eigenvalue weighted by atomic mass is 16.5. The van der Waals surface area contributed by atoms with Crippen LogP contribution in [0.2, 0.25) is 0 Å². The van der Waals surface area contributed by atoms with Crippen LogP contribution in [0.5, 0.6) is 5.75 Å². The topological polar surface area (TPSA) is 49.8 Å². The number of benzene rings is 1. The minimum atomic E-state index is -0.927. The molecule has 0 spiro atoms. The van der Waals surface area contributed by atoms with E-state index < -0.39 is 5.97 Å². The molecule has 1 fully saturated rings. The molecular formula is C12H15NO3. The molecule has 4 heteroatoms. The molecule has 1 aromatic carbocycles. The van der Waals surface area contributed by atoms with E-state index >= 15 is 0 Å². The summed E-state index contributed by atoms with van der Waals surface area (Å²) in [7, 11) is 3.75. The zero-order chi connectivity index (χ0) is 11.7. The molecule has 0 saturated heterocycles. The number of carboxylic acid groups (broad SMARTS) is 1. The van der Waals surface area contributed by atoms with Gasteiger partial charge >= 0.3 is 5.97 Å². The lowest BCUT2D eigenvalue weighted by molar-refractivity contribution is 0.0696. The highest BCUT2D eigenvalue weighted by Crippen LogP contribution is 2.30. The second kappa shape index (κ2) is 4.04. The number of hydrogen-bond acceptors (Lipinski definition) is 3. The number of nitrogens with zero attached hydrogens (tertiary/aromatic N) is 1. The van der Waals surface area contributed by atoms with Crippen LogP contribution in [0, 0.1) is 0 Å².